The summed E-state index contributed by atoms with van der Waals surface area (Å²) in [5.41, 5.74) is 2.41. The number of carbonyl (C=O) groups excluding carboxylic acids is 1. The number of carbonyl (C=O) groups is 1. The van der Waals surface area contributed by atoms with Gasteiger partial charge < -0.3 is 10.1 Å². The first-order chi connectivity index (χ1) is 13.3. The number of amides is 1. The molecule has 1 amide bonds. The Morgan fingerprint density at radius 2 is 1.82 bits per heavy atom. The maximum absolute atomic E-state index is 13.2. The van der Waals surface area contributed by atoms with Crippen molar-refractivity contribution in [1.29, 1.82) is 0 Å². The Morgan fingerprint density at radius 3 is 2.54 bits per heavy atom. The lowest BCUT2D eigenvalue weighted by Crippen LogP contribution is -2.24. The third-order valence-corrected chi connectivity index (χ3v) is 4.07. The Hall–Kier alpha value is -3.55. The van der Waals surface area contributed by atoms with E-state index in [1.165, 1.54) is 22.9 Å². The number of anilines is 1. The number of nitrogens with one attached hydrogen (secondary N) is 1. The number of hydrogen-bond donors (Lipinski definition) is 1. The van der Waals surface area contributed by atoms with E-state index in [-0.39, 0.29) is 17.1 Å². The molecule has 3 rings (SSSR count). The van der Waals surface area contributed by atoms with Crippen LogP contribution in [0.1, 0.15) is 11.1 Å². The van der Waals surface area contributed by atoms with Crippen molar-refractivity contribution in [3.8, 4) is 11.6 Å². The van der Waals surface area contributed by atoms with Gasteiger partial charge in [-0.3, -0.25) is 9.59 Å². The van der Waals surface area contributed by atoms with Crippen molar-refractivity contribution in [3.63, 3.8) is 0 Å². The minimum Gasteiger partial charge on any atom is -0.467 e. The van der Waals surface area contributed by atoms with Crippen LogP contribution < -0.4 is 15.6 Å². The summed E-state index contributed by atoms with van der Waals surface area (Å²) in [6.07, 6.45) is 0. The van der Waals surface area contributed by atoms with Gasteiger partial charge in [-0.15, -0.1) is 5.10 Å². The molecule has 1 heterocycles. The van der Waals surface area contributed by atoms with Crippen molar-refractivity contribution in [2.45, 2.75) is 13.8 Å². The Labute approximate surface area is 159 Å². The molecule has 1 aromatic heterocycles. The van der Waals surface area contributed by atoms with Crippen LogP contribution in [0.2, 0.25) is 0 Å². The lowest BCUT2D eigenvalue weighted by atomic mass is 10.1. The van der Waals surface area contributed by atoms with E-state index < -0.39 is 24.1 Å². The molecule has 0 unspecified atom stereocenters. The normalized spacial score (nSPS) is 10.6. The highest BCUT2D eigenvalue weighted by atomic mass is 19.2. The zero-order valence-electron chi connectivity index (χ0n) is 15.2. The summed E-state index contributed by atoms with van der Waals surface area (Å²) in [6.45, 7) is 3.46. The van der Waals surface area contributed by atoms with Gasteiger partial charge in [0.1, 0.15) is 0 Å². The summed E-state index contributed by atoms with van der Waals surface area (Å²) in [5, 5.41) is 6.50. The molecule has 1 N–H and O–H groups in total. The first-order valence-electron chi connectivity index (χ1n) is 8.39. The zero-order chi connectivity index (χ0) is 20.3. The number of halogens is 2. The highest BCUT2D eigenvalue weighted by Gasteiger charge is 2.09. The van der Waals surface area contributed by atoms with Crippen molar-refractivity contribution >= 4 is 11.6 Å². The molecule has 144 valence electrons. The molecule has 0 bridgehead atoms. The van der Waals surface area contributed by atoms with Crippen molar-refractivity contribution in [1.82, 2.24) is 9.78 Å². The molecule has 0 saturated carbocycles. The summed E-state index contributed by atoms with van der Waals surface area (Å²) >= 11 is 0. The fourth-order valence-corrected chi connectivity index (χ4v) is 2.42. The number of aromatic nitrogens is 2. The van der Waals surface area contributed by atoms with Crippen LogP contribution in [0.4, 0.5) is 14.5 Å². The molecule has 28 heavy (non-hydrogen) atoms. The Bertz CT molecular complexity index is 1100. The van der Waals surface area contributed by atoms with Gasteiger partial charge >= 0.3 is 0 Å². The molecule has 0 saturated heterocycles. The van der Waals surface area contributed by atoms with E-state index in [1.807, 2.05) is 26.0 Å². The predicted molar refractivity (Wildman–Crippen MR) is 99.8 cm³/mol. The van der Waals surface area contributed by atoms with E-state index in [1.54, 1.807) is 6.07 Å². The summed E-state index contributed by atoms with van der Waals surface area (Å²) in [6, 6.07) is 11.1. The van der Waals surface area contributed by atoms with Crippen molar-refractivity contribution in [3.05, 3.63) is 81.6 Å². The molecule has 2 aromatic carbocycles. The summed E-state index contributed by atoms with van der Waals surface area (Å²) < 4.78 is 32.6. The van der Waals surface area contributed by atoms with Crippen LogP contribution in [0.5, 0.6) is 5.88 Å². The average molecular weight is 385 g/mol. The SMILES string of the molecule is Cc1ccc(-n2nc(OCC(=O)Nc3ccc(F)c(F)c3)ccc2=O)cc1C. The second kappa shape index (κ2) is 7.99. The number of hydrogen-bond acceptors (Lipinski definition) is 4. The number of benzene rings is 2. The maximum atomic E-state index is 13.2. The minimum atomic E-state index is -1.07. The smallest absolute Gasteiger partial charge is 0.271 e. The van der Waals surface area contributed by atoms with Crippen LogP contribution in [0.25, 0.3) is 5.69 Å². The average Bonchev–Trinajstić information content (AvgIpc) is 2.66. The molecule has 3 aromatic rings. The zero-order valence-corrected chi connectivity index (χ0v) is 15.2. The number of ether oxygens (including phenoxy) is 1. The Balaban J connectivity index is 1.70. The topological polar surface area (TPSA) is 73.2 Å². The molecule has 0 radical (unpaired) electrons. The molecule has 0 aliphatic rings. The van der Waals surface area contributed by atoms with Crippen molar-refractivity contribution in [2.24, 2.45) is 0 Å². The molecule has 0 aliphatic carbocycles. The third kappa shape index (κ3) is 4.40. The molecule has 0 atom stereocenters. The van der Waals surface area contributed by atoms with Gasteiger partial charge in [-0.1, -0.05) is 6.07 Å². The van der Waals surface area contributed by atoms with E-state index in [9.17, 15) is 18.4 Å². The van der Waals surface area contributed by atoms with Crippen LogP contribution in [-0.4, -0.2) is 22.3 Å². The van der Waals surface area contributed by atoms with Gasteiger partial charge in [-0.2, -0.15) is 4.68 Å². The maximum Gasteiger partial charge on any atom is 0.271 e. The van der Waals surface area contributed by atoms with E-state index in [2.05, 4.69) is 10.4 Å². The van der Waals surface area contributed by atoms with Crippen LogP contribution in [0.3, 0.4) is 0 Å². The summed E-state index contributed by atoms with van der Waals surface area (Å²) in [7, 11) is 0. The highest BCUT2D eigenvalue weighted by molar-refractivity contribution is 5.91. The number of aryl methyl sites for hydroxylation is 2. The van der Waals surface area contributed by atoms with Gasteiger partial charge in [0.25, 0.3) is 11.5 Å². The molecule has 8 heteroatoms. The quantitative estimate of drug-likeness (QED) is 0.732. The van der Waals surface area contributed by atoms with Crippen LogP contribution in [0.15, 0.2) is 53.3 Å². The number of rotatable bonds is 5. The van der Waals surface area contributed by atoms with Gasteiger partial charge in [-0.25, -0.2) is 8.78 Å². The predicted octanol–water partition coefficient (Wildman–Crippen LogP) is 3.15. The Morgan fingerprint density at radius 1 is 1.04 bits per heavy atom. The fourth-order valence-electron chi connectivity index (χ4n) is 2.42. The second-order valence-electron chi connectivity index (χ2n) is 6.16. The number of nitrogens with zero attached hydrogens (tertiary/aromatic N) is 2. The molecular formula is C20H17F2N3O3. The molecular weight excluding hydrogens is 368 g/mol. The first kappa shape index (κ1) is 19.2. The molecule has 0 fully saturated rings. The Kier molecular flexibility index (Phi) is 5.49. The van der Waals surface area contributed by atoms with Crippen LogP contribution in [0, 0.1) is 25.5 Å². The standard InChI is InChI=1S/C20H17F2N3O3/c1-12-3-5-15(9-13(12)2)25-20(27)8-7-19(24-25)28-11-18(26)23-14-4-6-16(21)17(22)10-14/h3-10H,11H2,1-2H3,(H,23,26). The van der Waals surface area contributed by atoms with Gasteiger partial charge in [0.2, 0.25) is 5.88 Å². The van der Waals surface area contributed by atoms with E-state index >= 15 is 0 Å². The van der Waals surface area contributed by atoms with Crippen molar-refractivity contribution < 1.29 is 18.3 Å². The lowest BCUT2D eigenvalue weighted by Gasteiger charge is -2.10. The minimum absolute atomic E-state index is 0.0678. The van der Waals surface area contributed by atoms with Crippen molar-refractivity contribution in [2.75, 3.05) is 11.9 Å². The molecule has 0 aliphatic heterocycles. The van der Waals surface area contributed by atoms with Crippen LogP contribution >= 0.6 is 0 Å². The van der Waals surface area contributed by atoms with Gasteiger partial charge in [0.05, 0.1) is 5.69 Å². The fraction of sp³-hybridized carbons (Fsp3) is 0.150. The third-order valence-electron chi connectivity index (χ3n) is 4.07. The van der Waals surface area contributed by atoms with Gasteiger partial charge in [0.15, 0.2) is 18.2 Å². The van der Waals surface area contributed by atoms with Crippen LogP contribution in [-0.2, 0) is 4.79 Å². The lowest BCUT2D eigenvalue weighted by molar-refractivity contribution is -0.118. The second-order valence-corrected chi connectivity index (χ2v) is 6.16. The summed E-state index contributed by atoms with van der Waals surface area (Å²) in [5.74, 6) is -2.59. The first-order valence-corrected chi connectivity index (χ1v) is 8.39. The van der Waals surface area contributed by atoms with E-state index in [0.29, 0.717) is 5.69 Å². The van der Waals surface area contributed by atoms with Gasteiger partial charge in [-0.05, 0) is 49.2 Å². The molecule has 0 spiro atoms. The largest absolute Gasteiger partial charge is 0.467 e. The molecule has 6 nitrogen and oxygen atoms in total. The van der Waals surface area contributed by atoms with E-state index in [0.717, 1.165) is 23.3 Å². The van der Waals surface area contributed by atoms with Gasteiger partial charge in [0, 0.05) is 23.9 Å². The highest BCUT2D eigenvalue weighted by Crippen LogP contribution is 2.14. The monoisotopic (exact) mass is 385 g/mol. The summed E-state index contributed by atoms with van der Waals surface area (Å²) in [4.78, 5) is 24.0. The van der Waals surface area contributed by atoms with E-state index in [4.69, 9.17) is 4.74 Å².